The maximum absolute atomic E-state index is 13.8. The zero-order valence-electron chi connectivity index (χ0n) is 19.9. The van der Waals surface area contributed by atoms with Gasteiger partial charge in [-0.2, -0.15) is 0 Å². The SMILES string of the molecule is CCOC(=O)C1(C(=O)OCC)C(c2ccccc2)=C(c2ccccc2C(=O)OC)c2ccccc21. The third-order valence-corrected chi connectivity index (χ3v) is 6.05. The molecule has 0 amide bonds. The third-order valence-electron chi connectivity index (χ3n) is 6.05. The van der Waals surface area contributed by atoms with Crippen molar-refractivity contribution in [3.63, 3.8) is 0 Å². The molecular formula is C29H26O6. The topological polar surface area (TPSA) is 78.9 Å². The Morgan fingerprint density at radius 2 is 1.26 bits per heavy atom. The van der Waals surface area contributed by atoms with Gasteiger partial charge in [-0.25, -0.2) is 4.79 Å². The van der Waals surface area contributed by atoms with Crippen molar-refractivity contribution in [2.75, 3.05) is 20.3 Å². The van der Waals surface area contributed by atoms with Crippen LogP contribution in [0.4, 0.5) is 0 Å². The quantitative estimate of drug-likeness (QED) is 0.280. The van der Waals surface area contributed by atoms with Crippen LogP contribution in [0, 0.1) is 0 Å². The number of carbonyl (C=O) groups is 3. The number of carbonyl (C=O) groups excluding carboxylic acids is 3. The highest BCUT2D eigenvalue weighted by molar-refractivity contribution is 6.28. The van der Waals surface area contributed by atoms with Gasteiger partial charge in [0.1, 0.15) is 0 Å². The number of benzene rings is 3. The molecule has 0 radical (unpaired) electrons. The van der Waals surface area contributed by atoms with Crippen molar-refractivity contribution in [3.8, 4) is 0 Å². The summed E-state index contributed by atoms with van der Waals surface area (Å²) in [6.07, 6.45) is 0. The van der Waals surface area contributed by atoms with E-state index in [1.54, 1.807) is 50.2 Å². The van der Waals surface area contributed by atoms with Gasteiger partial charge in [0.15, 0.2) is 0 Å². The molecule has 3 aromatic rings. The molecule has 0 unspecified atom stereocenters. The monoisotopic (exact) mass is 470 g/mol. The van der Waals surface area contributed by atoms with E-state index in [1.165, 1.54) is 7.11 Å². The van der Waals surface area contributed by atoms with Gasteiger partial charge < -0.3 is 14.2 Å². The van der Waals surface area contributed by atoms with Gasteiger partial charge >= 0.3 is 17.9 Å². The van der Waals surface area contributed by atoms with E-state index < -0.39 is 23.3 Å². The summed E-state index contributed by atoms with van der Waals surface area (Å²) >= 11 is 0. The number of methoxy groups -OCH3 is 1. The maximum Gasteiger partial charge on any atom is 0.338 e. The molecule has 0 heterocycles. The Labute approximate surface area is 204 Å². The van der Waals surface area contributed by atoms with E-state index in [1.807, 2.05) is 42.5 Å². The summed E-state index contributed by atoms with van der Waals surface area (Å²) in [7, 11) is 1.32. The van der Waals surface area contributed by atoms with E-state index in [9.17, 15) is 14.4 Å². The Morgan fingerprint density at radius 3 is 1.86 bits per heavy atom. The zero-order chi connectivity index (χ0) is 25.0. The van der Waals surface area contributed by atoms with Gasteiger partial charge in [0, 0.05) is 5.57 Å². The van der Waals surface area contributed by atoms with Crippen LogP contribution in [0.2, 0.25) is 0 Å². The molecule has 3 aromatic carbocycles. The van der Waals surface area contributed by atoms with E-state index in [-0.39, 0.29) is 13.2 Å². The average Bonchev–Trinajstić information content (AvgIpc) is 3.21. The van der Waals surface area contributed by atoms with Crippen molar-refractivity contribution < 1.29 is 28.6 Å². The third kappa shape index (κ3) is 3.81. The van der Waals surface area contributed by atoms with Crippen molar-refractivity contribution in [1.82, 2.24) is 0 Å². The lowest BCUT2D eigenvalue weighted by Crippen LogP contribution is -2.46. The highest BCUT2D eigenvalue weighted by Gasteiger charge is 2.59. The lowest BCUT2D eigenvalue weighted by molar-refractivity contribution is -0.161. The minimum Gasteiger partial charge on any atom is -0.465 e. The highest BCUT2D eigenvalue weighted by Crippen LogP contribution is 2.55. The van der Waals surface area contributed by atoms with Crippen LogP contribution in [0.3, 0.4) is 0 Å². The molecule has 178 valence electrons. The largest absolute Gasteiger partial charge is 0.465 e. The minimum atomic E-state index is -1.87. The number of esters is 3. The minimum absolute atomic E-state index is 0.0817. The molecule has 1 aliphatic carbocycles. The smallest absolute Gasteiger partial charge is 0.338 e. The summed E-state index contributed by atoms with van der Waals surface area (Å²) in [6.45, 7) is 3.55. The first-order valence-electron chi connectivity index (χ1n) is 11.4. The second-order valence-corrected chi connectivity index (χ2v) is 7.89. The van der Waals surface area contributed by atoms with Crippen LogP contribution in [0.5, 0.6) is 0 Å². The van der Waals surface area contributed by atoms with Gasteiger partial charge in [-0.3, -0.25) is 9.59 Å². The lowest BCUT2D eigenvalue weighted by atomic mass is 9.74. The molecule has 0 spiro atoms. The van der Waals surface area contributed by atoms with Gasteiger partial charge in [-0.1, -0.05) is 72.8 Å². The van der Waals surface area contributed by atoms with Gasteiger partial charge in [-0.05, 0) is 47.7 Å². The molecule has 6 nitrogen and oxygen atoms in total. The molecule has 1 aliphatic rings. The molecule has 0 saturated carbocycles. The van der Waals surface area contributed by atoms with E-state index in [4.69, 9.17) is 14.2 Å². The van der Waals surface area contributed by atoms with Crippen LogP contribution in [-0.2, 0) is 29.2 Å². The Balaban J connectivity index is 2.22. The Morgan fingerprint density at radius 1 is 0.714 bits per heavy atom. The summed E-state index contributed by atoms with van der Waals surface area (Å²) < 4.78 is 16.1. The normalized spacial score (nSPS) is 13.7. The van der Waals surface area contributed by atoms with Crippen molar-refractivity contribution in [2.24, 2.45) is 0 Å². The Bertz CT molecular complexity index is 1290. The maximum atomic E-state index is 13.8. The molecule has 35 heavy (non-hydrogen) atoms. The molecule has 6 heteroatoms. The first-order valence-corrected chi connectivity index (χ1v) is 11.4. The fraction of sp³-hybridized carbons (Fsp3) is 0.207. The fourth-order valence-corrected chi connectivity index (χ4v) is 4.71. The van der Waals surface area contributed by atoms with Crippen LogP contribution in [0.15, 0.2) is 78.9 Å². The predicted octanol–water partition coefficient (Wildman–Crippen LogP) is 4.81. The predicted molar refractivity (Wildman–Crippen MR) is 132 cm³/mol. The molecular weight excluding hydrogens is 444 g/mol. The number of fused-ring (bicyclic) bond motifs is 1. The van der Waals surface area contributed by atoms with Crippen LogP contribution in [-0.4, -0.2) is 38.2 Å². The summed E-state index contributed by atoms with van der Waals surface area (Å²) in [6, 6.07) is 23.3. The Hall–Kier alpha value is -4.19. The molecule has 0 aliphatic heterocycles. The first kappa shape index (κ1) is 24.0. The summed E-state index contributed by atoms with van der Waals surface area (Å²) in [5.74, 6) is -1.98. The second-order valence-electron chi connectivity index (χ2n) is 7.89. The lowest BCUT2D eigenvalue weighted by Gasteiger charge is -2.29. The fourth-order valence-electron chi connectivity index (χ4n) is 4.71. The highest BCUT2D eigenvalue weighted by atomic mass is 16.6. The van der Waals surface area contributed by atoms with E-state index in [0.717, 1.165) is 0 Å². The van der Waals surface area contributed by atoms with Gasteiger partial charge in [-0.15, -0.1) is 0 Å². The van der Waals surface area contributed by atoms with E-state index in [2.05, 4.69) is 0 Å². The van der Waals surface area contributed by atoms with Crippen molar-refractivity contribution in [1.29, 1.82) is 0 Å². The number of hydrogen-bond acceptors (Lipinski definition) is 6. The average molecular weight is 471 g/mol. The molecule has 0 atom stereocenters. The van der Waals surface area contributed by atoms with Crippen LogP contribution < -0.4 is 0 Å². The summed E-state index contributed by atoms with van der Waals surface area (Å²) in [4.78, 5) is 40.4. The molecule has 4 rings (SSSR count). The van der Waals surface area contributed by atoms with Crippen LogP contribution in [0.1, 0.15) is 46.5 Å². The zero-order valence-corrected chi connectivity index (χ0v) is 19.9. The molecule has 0 fully saturated rings. The molecule has 0 bridgehead atoms. The summed E-state index contributed by atoms with van der Waals surface area (Å²) in [5.41, 5.74) is 1.70. The Kier molecular flexibility index (Phi) is 6.82. The number of rotatable bonds is 7. The van der Waals surface area contributed by atoms with Crippen LogP contribution in [0.25, 0.3) is 11.1 Å². The summed E-state index contributed by atoms with van der Waals surface area (Å²) in [5, 5.41) is 0. The standard InChI is InChI=1S/C29H26O6/c1-4-34-27(31)29(28(32)35-5-2)23-18-12-11-17-22(23)24(25(29)19-13-7-6-8-14-19)20-15-9-10-16-21(20)26(30)33-3/h6-18H,4-5H2,1-3H3. The van der Waals surface area contributed by atoms with E-state index >= 15 is 0 Å². The number of hydrogen-bond donors (Lipinski definition) is 0. The molecule has 0 saturated heterocycles. The van der Waals surface area contributed by atoms with Crippen molar-refractivity contribution in [3.05, 3.63) is 107 Å². The molecule has 0 N–H and O–H groups in total. The van der Waals surface area contributed by atoms with Gasteiger partial charge in [0.2, 0.25) is 5.41 Å². The first-order chi connectivity index (χ1) is 17.0. The molecule has 0 aromatic heterocycles. The van der Waals surface area contributed by atoms with Gasteiger partial charge in [0.05, 0.1) is 25.9 Å². The van der Waals surface area contributed by atoms with Gasteiger partial charge in [0.25, 0.3) is 0 Å². The van der Waals surface area contributed by atoms with Crippen LogP contribution >= 0.6 is 0 Å². The van der Waals surface area contributed by atoms with Crippen molar-refractivity contribution in [2.45, 2.75) is 19.3 Å². The van der Waals surface area contributed by atoms with E-state index in [0.29, 0.717) is 39.0 Å². The second kappa shape index (κ2) is 9.97. The van der Waals surface area contributed by atoms with Crippen molar-refractivity contribution >= 4 is 29.1 Å². The number of ether oxygens (including phenoxy) is 3.